The SMILES string of the molecule is CCCc1nc(-c2ccccc2OC)nc(NC)c1I. The smallest absolute Gasteiger partial charge is 0.165 e. The van der Waals surface area contributed by atoms with Crippen molar-refractivity contribution in [2.75, 3.05) is 19.5 Å². The summed E-state index contributed by atoms with van der Waals surface area (Å²) in [5.74, 6) is 2.36. The highest BCUT2D eigenvalue weighted by atomic mass is 127. The Morgan fingerprint density at radius 1 is 1.25 bits per heavy atom. The van der Waals surface area contributed by atoms with Crippen LogP contribution in [0.15, 0.2) is 24.3 Å². The van der Waals surface area contributed by atoms with Crippen LogP contribution in [-0.2, 0) is 6.42 Å². The maximum Gasteiger partial charge on any atom is 0.165 e. The fourth-order valence-corrected chi connectivity index (χ4v) is 2.79. The Morgan fingerprint density at radius 3 is 2.65 bits per heavy atom. The van der Waals surface area contributed by atoms with Crippen molar-refractivity contribution in [3.8, 4) is 17.1 Å². The molecular weight excluding hydrogens is 365 g/mol. The van der Waals surface area contributed by atoms with E-state index in [1.54, 1.807) is 7.11 Å². The van der Waals surface area contributed by atoms with Gasteiger partial charge in [-0.15, -0.1) is 0 Å². The number of hydrogen-bond donors (Lipinski definition) is 1. The molecule has 20 heavy (non-hydrogen) atoms. The Labute approximate surface area is 133 Å². The molecule has 0 unspecified atom stereocenters. The first kappa shape index (κ1) is 15.0. The maximum atomic E-state index is 5.40. The highest BCUT2D eigenvalue weighted by Gasteiger charge is 2.14. The number of nitrogens with zero attached hydrogens (tertiary/aromatic N) is 2. The second-order valence-electron chi connectivity index (χ2n) is 4.36. The van der Waals surface area contributed by atoms with Gasteiger partial charge in [-0.05, 0) is 41.1 Å². The van der Waals surface area contributed by atoms with Crippen LogP contribution >= 0.6 is 22.6 Å². The van der Waals surface area contributed by atoms with E-state index in [4.69, 9.17) is 9.72 Å². The summed E-state index contributed by atoms with van der Waals surface area (Å²) in [7, 11) is 3.55. The molecule has 0 amide bonds. The predicted molar refractivity (Wildman–Crippen MR) is 90.3 cm³/mol. The van der Waals surface area contributed by atoms with Gasteiger partial charge in [0.25, 0.3) is 0 Å². The molecule has 1 aromatic carbocycles. The lowest BCUT2D eigenvalue weighted by Gasteiger charge is -2.12. The quantitative estimate of drug-likeness (QED) is 0.799. The summed E-state index contributed by atoms with van der Waals surface area (Å²) in [4.78, 5) is 9.31. The molecule has 2 rings (SSSR count). The summed E-state index contributed by atoms with van der Waals surface area (Å²) >= 11 is 2.30. The van der Waals surface area contributed by atoms with Crippen LogP contribution in [0.3, 0.4) is 0 Å². The minimum Gasteiger partial charge on any atom is -0.496 e. The largest absolute Gasteiger partial charge is 0.496 e. The van der Waals surface area contributed by atoms with Crippen molar-refractivity contribution in [3.63, 3.8) is 0 Å². The third kappa shape index (κ3) is 3.03. The van der Waals surface area contributed by atoms with Crippen LogP contribution in [0.1, 0.15) is 19.0 Å². The Balaban J connectivity index is 2.59. The normalized spacial score (nSPS) is 10.4. The second kappa shape index (κ2) is 6.88. The van der Waals surface area contributed by atoms with Crippen LogP contribution in [0.2, 0.25) is 0 Å². The lowest BCUT2D eigenvalue weighted by Crippen LogP contribution is -2.06. The van der Waals surface area contributed by atoms with E-state index < -0.39 is 0 Å². The minimum absolute atomic E-state index is 0.704. The number of hydrogen-bond acceptors (Lipinski definition) is 4. The molecule has 0 atom stereocenters. The number of nitrogens with one attached hydrogen (secondary N) is 1. The van der Waals surface area contributed by atoms with E-state index in [2.05, 4.69) is 39.8 Å². The lowest BCUT2D eigenvalue weighted by molar-refractivity contribution is 0.416. The highest BCUT2D eigenvalue weighted by molar-refractivity contribution is 14.1. The summed E-state index contributed by atoms with van der Waals surface area (Å²) in [6.45, 7) is 2.15. The Kier molecular flexibility index (Phi) is 5.17. The van der Waals surface area contributed by atoms with Crippen LogP contribution in [0.25, 0.3) is 11.4 Å². The van der Waals surface area contributed by atoms with Crippen LogP contribution < -0.4 is 10.1 Å². The molecule has 0 aliphatic carbocycles. The summed E-state index contributed by atoms with van der Waals surface area (Å²) in [6, 6.07) is 7.82. The van der Waals surface area contributed by atoms with Crippen molar-refractivity contribution in [1.29, 1.82) is 0 Å². The van der Waals surface area contributed by atoms with Crippen molar-refractivity contribution in [3.05, 3.63) is 33.5 Å². The van der Waals surface area contributed by atoms with Gasteiger partial charge in [-0.3, -0.25) is 0 Å². The highest BCUT2D eigenvalue weighted by Crippen LogP contribution is 2.30. The van der Waals surface area contributed by atoms with Gasteiger partial charge in [-0.1, -0.05) is 25.5 Å². The number of aromatic nitrogens is 2. The number of benzene rings is 1. The van der Waals surface area contributed by atoms with Gasteiger partial charge in [0.2, 0.25) is 0 Å². The third-order valence-corrected chi connectivity index (χ3v) is 4.12. The second-order valence-corrected chi connectivity index (χ2v) is 5.44. The number of aryl methyl sites for hydroxylation is 1. The predicted octanol–water partition coefficient (Wildman–Crippen LogP) is 3.75. The Hall–Kier alpha value is -1.37. The number of para-hydroxylation sites is 1. The van der Waals surface area contributed by atoms with Gasteiger partial charge in [-0.2, -0.15) is 0 Å². The molecule has 0 saturated carbocycles. The van der Waals surface area contributed by atoms with Crippen LogP contribution in [0.4, 0.5) is 5.82 Å². The van der Waals surface area contributed by atoms with Gasteiger partial charge in [-0.25, -0.2) is 9.97 Å². The maximum absolute atomic E-state index is 5.40. The molecule has 2 aromatic rings. The molecule has 0 saturated heterocycles. The molecule has 4 nitrogen and oxygen atoms in total. The zero-order valence-electron chi connectivity index (χ0n) is 11.9. The van der Waals surface area contributed by atoms with Gasteiger partial charge < -0.3 is 10.1 Å². The molecule has 0 bridgehead atoms. The van der Waals surface area contributed by atoms with Gasteiger partial charge in [0, 0.05) is 7.05 Å². The first-order valence-corrected chi connectivity index (χ1v) is 7.66. The van der Waals surface area contributed by atoms with Gasteiger partial charge in [0.05, 0.1) is 21.9 Å². The number of methoxy groups -OCH3 is 1. The van der Waals surface area contributed by atoms with Gasteiger partial charge in [0.15, 0.2) is 5.82 Å². The number of ether oxygens (including phenoxy) is 1. The van der Waals surface area contributed by atoms with E-state index in [0.717, 1.165) is 39.2 Å². The molecule has 0 aliphatic rings. The number of anilines is 1. The van der Waals surface area contributed by atoms with E-state index in [9.17, 15) is 0 Å². The number of rotatable bonds is 5. The minimum atomic E-state index is 0.704. The van der Waals surface area contributed by atoms with Crippen LogP contribution in [0, 0.1) is 3.57 Å². The summed E-state index contributed by atoms with van der Waals surface area (Å²) in [5.41, 5.74) is 1.99. The van der Waals surface area contributed by atoms with Crippen LogP contribution in [-0.4, -0.2) is 24.1 Å². The van der Waals surface area contributed by atoms with Crippen LogP contribution in [0.5, 0.6) is 5.75 Å². The lowest BCUT2D eigenvalue weighted by atomic mass is 10.1. The fraction of sp³-hybridized carbons (Fsp3) is 0.333. The average molecular weight is 383 g/mol. The molecule has 106 valence electrons. The van der Waals surface area contributed by atoms with E-state index >= 15 is 0 Å². The molecule has 1 N–H and O–H groups in total. The standard InChI is InChI=1S/C15H18IN3O/c1-4-7-11-13(16)15(17-2)19-14(18-11)10-8-5-6-9-12(10)20-3/h5-6,8-9H,4,7H2,1-3H3,(H,17,18,19). The molecule has 1 aromatic heterocycles. The summed E-state index contributed by atoms with van der Waals surface area (Å²) < 4.78 is 6.49. The Morgan fingerprint density at radius 2 is 2.00 bits per heavy atom. The topological polar surface area (TPSA) is 47.0 Å². The van der Waals surface area contributed by atoms with E-state index in [1.807, 2.05) is 31.3 Å². The van der Waals surface area contributed by atoms with Gasteiger partial charge >= 0.3 is 0 Å². The first-order chi connectivity index (χ1) is 9.71. The molecule has 1 heterocycles. The summed E-state index contributed by atoms with van der Waals surface area (Å²) in [5, 5.41) is 3.14. The third-order valence-electron chi connectivity index (χ3n) is 2.99. The Bertz CT molecular complexity index is 602. The molecule has 5 heteroatoms. The molecule has 0 aliphatic heterocycles. The molecular formula is C15H18IN3O. The molecule has 0 fully saturated rings. The van der Waals surface area contributed by atoms with Crippen molar-refractivity contribution < 1.29 is 4.74 Å². The van der Waals surface area contributed by atoms with Crippen molar-refractivity contribution >= 4 is 28.4 Å². The van der Waals surface area contributed by atoms with Crippen molar-refractivity contribution in [1.82, 2.24) is 9.97 Å². The van der Waals surface area contributed by atoms with Crippen molar-refractivity contribution in [2.24, 2.45) is 0 Å². The number of halogens is 1. The first-order valence-electron chi connectivity index (χ1n) is 6.58. The van der Waals surface area contributed by atoms with Crippen molar-refractivity contribution in [2.45, 2.75) is 19.8 Å². The zero-order chi connectivity index (χ0) is 14.5. The van der Waals surface area contributed by atoms with E-state index in [1.165, 1.54) is 0 Å². The van der Waals surface area contributed by atoms with E-state index in [0.29, 0.717) is 5.82 Å². The zero-order valence-corrected chi connectivity index (χ0v) is 14.1. The monoisotopic (exact) mass is 383 g/mol. The fourth-order valence-electron chi connectivity index (χ4n) is 2.01. The summed E-state index contributed by atoms with van der Waals surface area (Å²) in [6.07, 6.45) is 2.00. The molecule has 0 radical (unpaired) electrons. The average Bonchev–Trinajstić information content (AvgIpc) is 2.49. The van der Waals surface area contributed by atoms with E-state index in [-0.39, 0.29) is 0 Å². The molecule has 0 spiro atoms. The van der Waals surface area contributed by atoms with Gasteiger partial charge in [0.1, 0.15) is 11.6 Å².